The van der Waals surface area contributed by atoms with Gasteiger partial charge in [-0.2, -0.15) is 0 Å². The minimum atomic E-state index is 1.20. The van der Waals surface area contributed by atoms with Crippen molar-refractivity contribution in [1.29, 1.82) is 0 Å². The molecule has 0 aliphatic rings. The molecule has 0 fully saturated rings. The summed E-state index contributed by atoms with van der Waals surface area (Å²) >= 11 is 0. The summed E-state index contributed by atoms with van der Waals surface area (Å²) in [6.07, 6.45) is 6.52. The smallest absolute Gasteiger partial charge is 0.0408 e. The number of rotatable bonds is 7. The Hall–Kier alpha value is -1.76. The van der Waals surface area contributed by atoms with E-state index in [0.717, 1.165) is 0 Å². The lowest BCUT2D eigenvalue weighted by atomic mass is 10.1. The highest BCUT2D eigenvalue weighted by atomic mass is 15.1. The topological polar surface area (TPSA) is 3.24 Å². The molecule has 0 saturated heterocycles. The van der Waals surface area contributed by atoms with Gasteiger partial charge in [-0.3, -0.25) is 0 Å². The largest absolute Gasteiger partial charge is 0.345 e. The summed E-state index contributed by atoms with van der Waals surface area (Å²) in [5, 5.41) is 0. The predicted octanol–water partition coefficient (Wildman–Crippen LogP) is 5.89. The zero-order chi connectivity index (χ0) is 15.1. The Kier molecular flexibility index (Phi) is 5.86. The molecule has 112 valence electrons. The average Bonchev–Trinajstić information content (AvgIpc) is 2.52. The second kappa shape index (κ2) is 7.87. The van der Waals surface area contributed by atoms with Crippen molar-refractivity contribution in [2.24, 2.45) is 0 Å². The first-order valence-corrected chi connectivity index (χ1v) is 8.10. The third kappa shape index (κ3) is 4.63. The number of nitrogens with zero attached hydrogens (tertiary/aromatic N) is 1. The van der Waals surface area contributed by atoms with Gasteiger partial charge >= 0.3 is 0 Å². The number of benzene rings is 2. The normalized spacial score (nSPS) is 10.6. The minimum absolute atomic E-state index is 1.20. The van der Waals surface area contributed by atoms with E-state index in [1.165, 1.54) is 54.6 Å². The third-order valence-electron chi connectivity index (χ3n) is 4.06. The number of anilines is 2. The predicted molar refractivity (Wildman–Crippen MR) is 93.5 cm³/mol. The summed E-state index contributed by atoms with van der Waals surface area (Å²) in [5.74, 6) is 0. The molecule has 21 heavy (non-hydrogen) atoms. The van der Waals surface area contributed by atoms with Gasteiger partial charge < -0.3 is 4.90 Å². The van der Waals surface area contributed by atoms with Gasteiger partial charge in [-0.05, 0) is 49.6 Å². The van der Waals surface area contributed by atoms with Gasteiger partial charge in [0.25, 0.3) is 0 Å². The first-order valence-electron chi connectivity index (χ1n) is 8.10. The van der Waals surface area contributed by atoms with Gasteiger partial charge in [-0.25, -0.2) is 0 Å². The van der Waals surface area contributed by atoms with Crippen molar-refractivity contribution in [3.8, 4) is 0 Å². The summed E-state index contributed by atoms with van der Waals surface area (Å²) in [6, 6.07) is 17.7. The van der Waals surface area contributed by atoms with Gasteiger partial charge in [-0.15, -0.1) is 0 Å². The molecule has 1 heteroatoms. The number of hydrogen-bond acceptors (Lipinski definition) is 1. The van der Waals surface area contributed by atoms with Crippen LogP contribution in [-0.4, -0.2) is 7.05 Å². The van der Waals surface area contributed by atoms with Crippen LogP contribution in [0.5, 0.6) is 0 Å². The summed E-state index contributed by atoms with van der Waals surface area (Å²) < 4.78 is 0. The molecule has 0 unspecified atom stereocenters. The number of aryl methyl sites for hydroxylation is 2. The molecule has 2 aromatic rings. The van der Waals surface area contributed by atoms with Gasteiger partial charge in [0.05, 0.1) is 0 Å². The number of unbranched alkanes of at least 4 members (excludes halogenated alkanes) is 3. The Bertz CT molecular complexity index is 525. The fourth-order valence-corrected chi connectivity index (χ4v) is 2.56. The summed E-state index contributed by atoms with van der Waals surface area (Å²) in [6.45, 7) is 4.38. The second-order valence-corrected chi connectivity index (χ2v) is 5.87. The highest BCUT2D eigenvalue weighted by molar-refractivity contribution is 5.62. The Morgan fingerprint density at radius 1 is 0.762 bits per heavy atom. The SMILES string of the molecule is CCCCCCc1ccc(N(C)c2ccc(C)cc2)cc1. The van der Waals surface area contributed by atoms with Crippen LogP contribution in [0.3, 0.4) is 0 Å². The van der Waals surface area contributed by atoms with E-state index in [2.05, 4.69) is 74.3 Å². The van der Waals surface area contributed by atoms with Crippen LogP contribution in [0.15, 0.2) is 48.5 Å². The van der Waals surface area contributed by atoms with Crippen LogP contribution >= 0.6 is 0 Å². The lowest BCUT2D eigenvalue weighted by molar-refractivity contribution is 0.667. The van der Waals surface area contributed by atoms with Gasteiger partial charge in [0.1, 0.15) is 0 Å². The maximum Gasteiger partial charge on any atom is 0.0408 e. The molecule has 1 nitrogen and oxygen atoms in total. The Morgan fingerprint density at radius 3 is 1.90 bits per heavy atom. The van der Waals surface area contributed by atoms with E-state index in [0.29, 0.717) is 0 Å². The van der Waals surface area contributed by atoms with Crippen molar-refractivity contribution in [1.82, 2.24) is 0 Å². The Labute approximate surface area is 129 Å². The van der Waals surface area contributed by atoms with Crippen molar-refractivity contribution < 1.29 is 0 Å². The maximum atomic E-state index is 2.27. The molecule has 0 bridgehead atoms. The van der Waals surface area contributed by atoms with Crippen molar-refractivity contribution in [2.75, 3.05) is 11.9 Å². The maximum absolute atomic E-state index is 2.27. The van der Waals surface area contributed by atoms with Gasteiger partial charge in [-0.1, -0.05) is 56.0 Å². The van der Waals surface area contributed by atoms with Crippen molar-refractivity contribution in [3.63, 3.8) is 0 Å². The standard InChI is InChI=1S/C20H27N/c1-4-5-6-7-8-18-11-15-20(16-12-18)21(3)19-13-9-17(2)10-14-19/h9-16H,4-8H2,1-3H3. The highest BCUT2D eigenvalue weighted by Gasteiger charge is 2.03. The van der Waals surface area contributed by atoms with Crippen molar-refractivity contribution in [2.45, 2.75) is 46.0 Å². The molecular weight excluding hydrogens is 254 g/mol. The van der Waals surface area contributed by atoms with Crippen LogP contribution in [0, 0.1) is 6.92 Å². The van der Waals surface area contributed by atoms with E-state index >= 15 is 0 Å². The van der Waals surface area contributed by atoms with E-state index in [1.54, 1.807) is 0 Å². The highest BCUT2D eigenvalue weighted by Crippen LogP contribution is 2.24. The molecule has 0 saturated carbocycles. The fraction of sp³-hybridized carbons (Fsp3) is 0.400. The van der Waals surface area contributed by atoms with Crippen LogP contribution in [-0.2, 0) is 6.42 Å². The third-order valence-corrected chi connectivity index (χ3v) is 4.06. The Balaban J connectivity index is 1.96. The fourth-order valence-electron chi connectivity index (χ4n) is 2.56. The molecular formula is C20H27N. The van der Waals surface area contributed by atoms with Gasteiger partial charge in [0.15, 0.2) is 0 Å². The van der Waals surface area contributed by atoms with Crippen LogP contribution in [0.2, 0.25) is 0 Å². The van der Waals surface area contributed by atoms with E-state index in [9.17, 15) is 0 Å². The number of hydrogen-bond donors (Lipinski definition) is 0. The summed E-state index contributed by atoms with van der Waals surface area (Å²) in [5.41, 5.74) is 5.23. The molecule has 2 aromatic carbocycles. The van der Waals surface area contributed by atoms with E-state index < -0.39 is 0 Å². The first kappa shape index (κ1) is 15.6. The molecule has 0 aliphatic heterocycles. The summed E-state index contributed by atoms with van der Waals surface area (Å²) in [7, 11) is 2.13. The van der Waals surface area contributed by atoms with Crippen molar-refractivity contribution >= 4 is 11.4 Å². The Morgan fingerprint density at radius 2 is 1.33 bits per heavy atom. The minimum Gasteiger partial charge on any atom is -0.345 e. The molecule has 0 aliphatic carbocycles. The quantitative estimate of drug-likeness (QED) is 0.572. The second-order valence-electron chi connectivity index (χ2n) is 5.87. The molecule has 0 heterocycles. The molecule has 0 aromatic heterocycles. The van der Waals surface area contributed by atoms with Crippen LogP contribution in [0.1, 0.15) is 43.7 Å². The lowest BCUT2D eigenvalue weighted by Crippen LogP contribution is -2.09. The molecule has 0 N–H and O–H groups in total. The molecule has 0 atom stereocenters. The van der Waals surface area contributed by atoms with Crippen LogP contribution < -0.4 is 4.90 Å². The zero-order valence-electron chi connectivity index (χ0n) is 13.6. The van der Waals surface area contributed by atoms with Gasteiger partial charge in [0, 0.05) is 18.4 Å². The van der Waals surface area contributed by atoms with Crippen LogP contribution in [0.4, 0.5) is 11.4 Å². The van der Waals surface area contributed by atoms with E-state index in [1.807, 2.05) is 0 Å². The molecule has 2 rings (SSSR count). The first-order chi connectivity index (χ1) is 10.2. The summed E-state index contributed by atoms with van der Waals surface area (Å²) in [4.78, 5) is 2.24. The average molecular weight is 281 g/mol. The van der Waals surface area contributed by atoms with E-state index in [-0.39, 0.29) is 0 Å². The van der Waals surface area contributed by atoms with E-state index in [4.69, 9.17) is 0 Å². The van der Waals surface area contributed by atoms with Gasteiger partial charge in [0.2, 0.25) is 0 Å². The monoisotopic (exact) mass is 281 g/mol. The lowest BCUT2D eigenvalue weighted by Gasteiger charge is -2.20. The van der Waals surface area contributed by atoms with Crippen molar-refractivity contribution in [3.05, 3.63) is 59.7 Å². The van der Waals surface area contributed by atoms with Crippen LogP contribution in [0.25, 0.3) is 0 Å². The molecule has 0 amide bonds. The molecule has 0 spiro atoms. The molecule has 0 radical (unpaired) electrons. The zero-order valence-corrected chi connectivity index (χ0v) is 13.6.